The van der Waals surface area contributed by atoms with E-state index in [0.717, 1.165) is 32.5 Å². The van der Waals surface area contributed by atoms with E-state index in [2.05, 4.69) is 23.5 Å². The number of nitrogens with one attached hydrogen (secondary N) is 1. The molecule has 0 saturated carbocycles. The summed E-state index contributed by atoms with van der Waals surface area (Å²) in [4.78, 5) is 14.0. The van der Waals surface area contributed by atoms with Gasteiger partial charge in [-0.25, -0.2) is 0 Å². The van der Waals surface area contributed by atoms with Crippen LogP contribution in [0.25, 0.3) is 0 Å². The van der Waals surface area contributed by atoms with Crippen LogP contribution in [0.1, 0.15) is 24.0 Å². The van der Waals surface area contributed by atoms with Crippen molar-refractivity contribution in [1.29, 1.82) is 0 Å². The zero-order chi connectivity index (χ0) is 12.1. The molecule has 100 valence electrons. The summed E-state index contributed by atoms with van der Waals surface area (Å²) in [5.41, 5.74) is 2.70. The Morgan fingerprint density at radius 2 is 2.06 bits per heavy atom. The van der Waals surface area contributed by atoms with Gasteiger partial charge in [0.2, 0.25) is 5.91 Å². The molecule has 1 aromatic carbocycles. The van der Waals surface area contributed by atoms with Gasteiger partial charge in [-0.15, -0.1) is 12.4 Å². The summed E-state index contributed by atoms with van der Waals surface area (Å²) in [7, 11) is 1.92. The number of rotatable bonds is 4. The molecule has 3 nitrogen and oxygen atoms in total. The lowest BCUT2D eigenvalue weighted by atomic mass is 9.99. The fourth-order valence-corrected chi connectivity index (χ4v) is 2.28. The van der Waals surface area contributed by atoms with Gasteiger partial charge in [-0.2, -0.15) is 0 Å². The summed E-state index contributed by atoms with van der Waals surface area (Å²) < 4.78 is 0. The van der Waals surface area contributed by atoms with Crippen LogP contribution in [0.5, 0.6) is 0 Å². The molecule has 0 spiro atoms. The van der Waals surface area contributed by atoms with E-state index in [4.69, 9.17) is 0 Å². The van der Waals surface area contributed by atoms with Crippen LogP contribution in [0.2, 0.25) is 0 Å². The summed E-state index contributed by atoms with van der Waals surface area (Å²) in [5, 5.41) is 3.07. The molecule has 4 heteroatoms. The highest BCUT2D eigenvalue weighted by Crippen LogP contribution is 2.19. The zero-order valence-electron chi connectivity index (χ0n) is 10.8. The van der Waals surface area contributed by atoms with Crippen molar-refractivity contribution in [3.05, 3.63) is 35.4 Å². The predicted molar refractivity (Wildman–Crippen MR) is 76.0 cm³/mol. The van der Waals surface area contributed by atoms with Crippen molar-refractivity contribution >= 4 is 18.3 Å². The molecule has 0 unspecified atom stereocenters. The van der Waals surface area contributed by atoms with E-state index in [0.29, 0.717) is 6.42 Å². The van der Waals surface area contributed by atoms with Crippen molar-refractivity contribution in [2.45, 2.75) is 25.8 Å². The third-order valence-corrected chi connectivity index (χ3v) is 3.30. The Kier molecular flexibility index (Phi) is 6.16. The monoisotopic (exact) mass is 268 g/mol. The molecule has 1 aliphatic heterocycles. The van der Waals surface area contributed by atoms with Gasteiger partial charge in [0.05, 0.1) is 0 Å². The molecule has 0 aliphatic carbocycles. The van der Waals surface area contributed by atoms with E-state index in [1.807, 2.05) is 18.0 Å². The maximum atomic E-state index is 12.0. The van der Waals surface area contributed by atoms with Crippen LogP contribution in [-0.2, 0) is 17.8 Å². The summed E-state index contributed by atoms with van der Waals surface area (Å²) in [6.45, 7) is 2.57. The molecular formula is C14H21ClN2O. The Bertz CT molecular complexity index is 395. The van der Waals surface area contributed by atoms with Crippen molar-refractivity contribution in [3.8, 4) is 0 Å². The van der Waals surface area contributed by atoms with E-state index in [1.165, 1.54) is 11.1 Å². The minimum Gasteiger partial charge on any atom is -0.338 e. The maximum absolute atomic E-state index is 12.0. The van der Waals surface area contributed by atoms with E-state index < -0.39 is 0 Å². The average Bonchev–Trinajstić information content (AvgIpc) is 2.38. The molecule has 1 N–H and O–H groups in total. The highest BCUT2D eigenvalue weighted by atomic mass is 35.5. The first kappa shape index (κ1) is 15.0. The van der Waals surface area contributed by atoms with Crippen LogP contribution in [0, 0.1) is 0 Å². The van der Waals surface area contributed by atoms with Gasteiger partial charge in [-0.05, 0) is 37.6 Å². The molecule has 0 fully saturated rings. The highest BCUT2D eigenvalue weighted by Gasteiger charge is 2.19. The number of amides is 1. The fourth-order valence-electron chi connectivity index (χ4n) is 2.28. The molecule has 1 amide bonds. The normalized spacial score (nSPS) is 13.7. The SMILES string of the molecule is CNCCCC(=O)N1CCc2ccccc2C1.Cl. The van der Waals surface area contributed by atoms with Crippen LogP contribution < -0.4 is 5.32 Å². The topological polar surface area (TPSA) is 32.3 Å². The number of benzene rings is 1. The quantitative estimate of drug-likeness (QED) is 0.847. The van der Waals surface area contributed by atoms with Gasteiger partial charge in [0.1, 0.15) is 0 Å². The third-order valence-electron chi connectivity index (χ3n) is 3.30. The summed E-state index contributed by atoms with van der Waals surface area (Å²) in [6, 6.07) is 8.41. The summed E-state index contributed by atoms with van der Waals surface area (Å²) in [5.74, 6) is 0.287. The van der Waals surface area contributed by atoms with E-state index >= 15 is 0 Å². The van der Waals surface area contributed by atoms with Crippen LogP contribution in [-0.4, -0.2) is 30.9 Å². The number of fused-ring (bicyclic) bond motifs is 1. The van der Waals surface area contributed by atoms with Crippen molar-refractivity contribution in [2.75, 3.05) is 20.1 Å². The Balaban J connectivity index is 0.00000162. The van der Waals surface area contributed by atoms with Gasteiger partial charge in [0, 0.05) is 19.5 Å². The van der Waals surface area contributed by atoms with Crippen molar-refractivity contribution < 1.29 is 4.79 Å². The standard InChI is InChI=1S/C14H20N2O.ClH/c1-15-9-4-7-14(17)16-10-8-12-5-2-3-6-13(12)11-16;/h2-3,5-6,15H,4,7-11H2,1H3;1H. The summed E-state index contributed by atoms with van der Waals surface area (Å²) >= 11 is 0. The number of nitrogens with zero attached hydrogens (tertiary/aromatic N) is 1. The van der Waals surface area contributed by atoms with Gasteiger partial charge >= 0.3 is 0 Å². The molecule has 0 saturated heterocycles. The molecule has 1 aliphatic rings. The second-order valence-corrected chi connectivity index (χ2v) is 4.54. The molecular weight excluding hydrogens is 248 g/mol. The Hall–Kier alpha value is -1.06. The average molecular weight is 269 g/mol. The van der Waals surface area contributed by atoms with E-state index in [1.54, 1.807) is 0 Å². The van der Waals surface area contributed by atoms with Gasteiger partial charge in [-0.1, -0.05) is 24.3 Å². The second kappa shape index (κ2) is 7.39. The molecule has 0 radical (unpaired) electrons. The minimum atomic E-state index is 0. The van der Waals surface area contributed by atoms with E-state index in [-0.39, 0.29) is 18.3 Å². The molecule has 0 bridgehead atoms. The van der Waals surface area contributed by atoms with Gasteiger partial charge in [0.15, 0.2) is 0 Å². The van der Waals surface area contributed by atoms with E-state index in [9.17, 15) is 4.79 Å². The van der Waals surface area contributed by atoms with Crippen LogP contribution in [0.15, 0.2) is 24.3 Å². The molecule has 2 rings (SSSR count). The number of carbonyl (C=O) groups excluding carboxylic acids is 1. The van der Waals surface area contributed by atoms with Gasteiger partial charge in [0.25, 0.3) is 0 Å². The fraction of sp³-hybridized carbons (Fsp3) is 0.500. The summed E-state index contributed by atoms with van der Waals surface area (Å²) in [6.07, 6.45) is 2.57. The number of hydrogen-bond acceptors (Lipinski definition) is 2. The van der Waals surface area contributed by atoms with Gasteiger partial charge in [-0.3, -0.25) is 4.79 Å². The Morgan fingerprint density at radius 1 is 1.33 bits per heavy atom. The number of hydrogen-bond donors (Lipinski definition) is 1. The molecule has 1 aromatic rings. The molecule has 0 aromatic heterocycles. The Labute approximate surface area is 115 Å². The third kappa shape index (κ3) is 3.72. The Morgan fingerprint density at radius 3 is 2.78 bits per heavy atom. The minimum absolute atomic E-state index is 0. The zero-order valence-corrected chi connectivity index (χ0v) is 11.6. The van der Waals surface area contributed by atoms with Crippen LogP contribution in [0.4, 0.5) is 0 Å². The lowest BCUT2D eigenvalue weighted by molar-refractivity contribution is -0.132. The van der Waals surface area contributed by atoms with Crippen LogP contribution >= 0.6 is 12.4 Å². The smallest absolute Gasteiger partial charge is 0.222 e. The number of carbonyl (C=O) groups is 1. The predicted octanol–water partition coefficient (Wildman–Crippen LogP) is 1.99. The van der Waals surface area contributed by atoms with Crippen molar-refractivity contribution in [3.63, 3.8) is 0 Å². The van der Waals surface area contributed by atoms with Crippen molar-refractivity contribution in [2.24, 2.45) is 0 Å². The van der Waals surface area contributed by atoms with Crippen molar-refractivity contribution in [1.82, 2.24) is 10.2 Å². The maximum Gasteiger partial charge on any atom is 0.222 e. The highest BCUT2D eigenvalue weighted by molar-refractivity contribution is 5.85. The lowest BCUT2D eigenvalue weighted by Gasteiger charge is -2.29. The second-order valence-electron chi connectivity index (χ2n) is 4.54. The van der Waals surface area contributed by atoms with Crippen LogP contribution in [0.3, 0.4) is 0 Å². The largest absolute Gasteiger partial charge is 0.338 e. The van der Waals surface area contributed by atoms with Gasteiger partial charge < -0.3 is 10.2 Å². The molecule has 1 heterocycles. The first-order valence-corrected chi connectivity index (χ1v) is 6.30. The first-order valence-electron chi connectivity index (χ1n) is 6.30. The molecule has 18 heavy (non-hydrogen) atoms. The first-order chi connectivity index (χ1) is 8.31. The number of halogens is 1. The molecule has 0 atom stereocenters. The lowest BCUT2D eigenvalue weighted by Crippen LogP contribution is -2.36.